The smallest absolute Gasteiger partial charge is 0.228 e. The summed E-state index contributed by atoms with van der Waals surface area (Å²) in [7, 11) is 0. The van der Waals surface area contributed by atoms with E-state index in [1.165, 1.54) is 32.4 Å². The summed E-state index contributed by atoms with van der Waals surface area (Å²) in [5.41, 5.74) is 0.679. The minimum atomic E-state index is 0.0415. The van der Waals surface area contributed by atoms with Crippen LogP contribution in [0.4, 0.5) is 0 Å². The maximum atomic E-state index is 12.9. The SMILES string of the molecule is C=CC(=C)N(C(=O)CCNC(=O)C1CCCNCC1)C1CC(N2CCCCC2)C1. The lowest BCUT2D eigenvalue weighted by atomic mass is 9.83. The summed E-state index contributed by atoms with van der Waals surface area (Å²) < 4.78 is 0. The summed E-state index contributed by atoms with van der Waals surface area (Å²) in [5.74, 6) is 0.195. The molecule has 0 bridgehead atoms. The quantitative estimate of drug-likeness (QED) is 0.612. The van der Waals surface area contributed by atoms with Crippen molar-refractivity contribution in [2.75, 3.05) is 32.7 Å². The highest BCUT2D eigenvalue weighted by Gasteiger charge is 2.39. The van der Waals surface area contributed by atoms with Crippen LogP contribution in [0.5, 0.6) is 0 Å². The third-order valence-electron chi connectivity index (χ3n) is 6.76. The molecule has 2 N–H and O–H groups in total. The fourth-order valence-electron chi connectivity index (χ4n) is 4.89. The number of likely N-dealkylation sites (tertiary alicyclic amines) is 1. The predicted molar refractivity (Wildman–Crippen MR) is 116 cm³/mol. The predicted octanol–water partition coefficient (Wildman–Crippen LogP) is 2.43. The van der Waals surface area contributed by atoms with E-state index in [-0.39, 0.29) is 23.8 Å². The van der Waals surface area contributed by atoms with Crippen LogP contribution in [-0.2, 0) is 9.59 Å². The van der Waals surface area contributed by atoms with Crippen LogP contribution in [0.25, 0.3) is 0 Å². The van der Waals surface area contributed by atoms with Crippen molar-refractivity contribution in [2.45, 2.75) is 69.9 Å². The van der Waals surface area contributed by atoms with Crippen LogP contribution in [0.1, 0.15) is 57.8 Å². The van der Waals surface area contributed by atoms with Gasteiger partial charge in [-0.1, -0.05) is 19.6 Å². The summed E-state index contributed by atoms with van der Waals surface area (Å²) in [6.07, 6.45) is 10.8. The lowest BCUT2D eigenvalue weighted by Gasteiger charge is -2.48. The van der Waals surface area contributed by atoms with Crippen LogP contribution < -0.4 is 10.6 Å². The summed E-state index contributed by atoms with van der Waals surface area (Å²) >= 11 is 0. The van der Waals surface area contributed by atoms with E-state index in [0.717, 1.165) is 45.2 Å². The lowest BCUT2D eigenvalue weighted by Crippen LogP contribution is -2.56. The standard InChI is InChI=1S/C23H38N4O2/c1-3-18(2)27(21-16-20(17-21)26-14-5-4-6-15-26)22(28)10-13-25-23(29)19-8-7-11-24-12-9-19/h3,19-21,24H,1-2,4-17H2,(H,25,29). The minimum Gasteiger partial charge on any atom is -0.355 e. The molecule has 3 aliphatic rings. The molecule has 0 aromatic rings. The Morgan fingerprint density at radius 2 is 1.86 bits per heavy atom. The number of rotatable bonds is 8. The Morgan fingerprint density at radius 3 is 2.59 bits per heavy atom. The first kappa shape index (κ1) is 22.0. The highest BCUT2D eigenvalue weighted by Crippen LogP contribution is 2.34. The number of nitrogens with zero attached hydrogens (tertiary/aromatic N) is 2. The van der Waals surface area contributed by atoms with Gasteiger partial charge in [-0.2, -0.15) is 0 Å². The zero-order chi connectivity index (χ0) is 20.6. The van der Waals surface area contributed by atoms with Gasteiger partial charge in [0.15, 0.2) is 0 Å². The van der Waals surface area contributed by atoms with E-state index in [1.54, 1.807) is 6.08 Å². The third-order valence-corrected chi connectivity index (χ3v) is 6.76. The number of amides is 2. The largest absolute Gasteiger partial charge is 0.355 e. The number of allylic oxidation sites excluding steroid dienone is 1. The summed E-state index contributed by atoms with van der Waals surface area (Å²) in [6.45, 7) is 12.5. The van der Waals surface area contributed by atoms with Gasteiger partial charge < -0.3 is 20.4 Å². The Morgan fingerprint density at radius 1 is 1.10 bits per heavy atom. The average molecular weight is 403 g/mol. The summed E-state index contributed by atoms with van der Waals surface area (Å²) in [6, 6.07) is 0.806. The van der Waals surface area contributed by atoms with Gasteiger partial charge in [0.05, 0.1) is 0 Å². The first-order valence-corrected chi connectivity index (χ1v) is 11.5. The number of hydrogen-bond donors (Lipinski definition) is 2. The van der Waals surface area contributed by atoms with Crippen molar-refractivity contribution < 1.29 is 9.59 Å². The van der Waals surface area contributed by atoms with Crippen molar-refractivity contribution >= 4 is 11.8 Å². The van der Waals surface area contributed by atoms with Gasteiger partial charge in [0, 0.05) is 36.7 Å². The van der Waals surface area contributed by atoms with Crippen molar-refractivity contribution in [3.05, 3.63) is 24.9 Å². The highest BCUT2D eigenvalue weighted by molar-refractivity contribution is 5.81. The monoisotopic (exact) mass is 402 g/mol. The number of piperidine rings is 1. The molecule has 0 aromatic heterocycles. The molecule has 2 aliphatic heterocycles. The Hall–Kier alpha value is -1.66. The van der Waals surface area contributed by atoms with E-state index in [9.17, 15) is 9.59 Å². The zero-order valence-electron chi connectivity index (χ0n) is 17.8. The second kappa shape index (κ2) is 10.9. The molecular formula is C23H38N4O2. The Bertz CT molecular complexity index is 586. The van der Waals surface area contributed by atoms with E-state index in [0.29, 0.717) is 24.7 Å². The van der Waals surface area contributed by atoms with E-state index in [1.807, 2.05) is 4.90 Å². The molecule has 0 spiro atoms. The molecule has 3 rings (SSSR count). The number of hydrogen-bond acceptors (Lipinski definition) is 4. The summed E-state index contributed by atoms with van der Waals surface area (Å²) in [4.78, 5) is 29.7. The van der Waals surface area contributed by atoms with Crippen LogP contribution in [0.2, 0.25) is 0 Å². The van der Waals surface area contributed by atoms with Crippen molar-refractivity contribution in [1.29, 1.82) is 0 Å². The fraction of sp³-hybridized carbons (Fsp3) is 0.739. The number of carbonyl (C=O) groups is 2. The first-order valence-electron chi connectivity index (χ1n) is 11.5. The molecule has 6 heteroatoms. The topological polar surface area (TPSA) is 64.7 Å². The van der Waals surface area contributed by atoms with Crippen molar-refractivity contribution in [2.24, 2.45) is 5.92 Å². The number of nitrogens with one attached hydrogen (secondary N) is 2. The molecule has 2 saturated heterocycles. The molecular weight excluding hydrogens is 364 g/mol. The molecule has 162 valence electrons. The molecule has 0 radical (unpaired) electrons. The Kier molecular flexibility index (Phi) is 8.30. The molecule has 29 heavy (non-hydrogen) atoms. The van der Waals surface area contributed by atoms with Gasteiger partial charge in [-0.05, 0) is 77.2 Å². The molecule has 6 nitrogen and oxygen atoms in total. The van der Waals surface area contributed by atoms with Gasteiger partial charge in [-0.15, -0.1) is 0 Å². The van der Waals surface area contributed by atoms with Gasteiger partial charge in [-0.25, -0.2) is 0 Å². The van der Waals surface area contributed by atoms with Crippen LogP contribution in [0.3, 0.4) is 0 Å². The zero-order valence-corrected chi connectivity index (χ0v) is 17.8. The molecule has 2 heterocycles. The molecule has 1 saturated carbocycles. The highest BCUT2D eigenvalue weighted by atomic mass is 16.2. The molecule has 3 fully saturated rings. The van der Waals surface area contributed by atoms with E-state index >= 15 is 0 Å². The fourth-order valence-corrected chi connectivity index (χ4v) is 4.89. The van der Waals surface area contributed by atoms with Gasteiger partial charge in [0.1, 0.15) is 0 Å². The molecule has 0 aromatic carbocycles. The minimum absolute atomic E-state index is 0.0415. The molecule has 2 amide bonds. The molecule has 1 aliphatic carbocycles. The van der Waals surface area contributed by atoms with Crippen LogP contribution in [0, 0.1) is 5.92 Å². The molecule has 1 unspecified atom stereocenters. The van der Waals surface area contributed by atoms with Crippen molar-refractivity contribution in [3.8, 4) is 0 Å². The number of carbonyl (C=O) groups excluding carboxylic acids is 2. The second-order valence-corrected chi connectivity index (χ2v) is 8.75. The second-order valence-electron chi connectivity index (χ2n) is 8.75. The van der Waals surface area contributed by atoms with E-state index in [2.05, 4.69) is 28.7 Å². The van der Waals surface area contributed by atoms with Crippen LogP contribution >= 0.6 is 0 Å². The maximum Gasteiger partial charge on any atom is 0.228 e. The summed E-state index contributed by atoms with van der Waals surface area (Å²) in [5, 5.41) is 6.31. The van der Waals surface area contributed by atoms with Gasteiger partial charge >= 0.3 is 0 Å². The Balaban J connectivity index is 1.45. The van der Waals surface area contributed by atoms with Crippen LogP contribution in [-0.4, -0.2) is 66.4 Å². The average Bonchev–Trinajstić information content (AvgIpc) is 2.99. The lowest BCUT2D eigenvalue weighted by molar-refractivity contribution is -0.134. The van der Waals surface area contributed by atoms with E-state index in [4.69, 9.17) is 0 Å². The van der Waals surface area contributed by atoms with Crippen molar-refractivity contribution in [1.82, 2.24) is 20.4 Å². The van der Waals surface area contributed by atoms with Gasteiger partial charge in [0.25, 0.3) is 0 Å². The maximum absolute atomic E-state index is 12.9. The molecule has 1 atom stereocenters. The van der Waals surface area contributed by atoms with Crippen molar-refractivity contribution in [3.63, 3.8) is 0 Å². The van der Waals surface area contributed by atoms with E-state index < -0.39 is 0 Å². The van der Waals surface area contributed by atoms with Gasteiger partial charge in [0.2, 0.25) is 11.8 Å². The third kappa shape index (κ3) is 5.92. The Labute approximate surface area is 175 Å². The first-order chi connectivity index (χ1) is 14.1. The van der Waals surface area contributed by atoms with Gasteiger partial charge in [-0.3, -0.25) is 9.59 Å². The normalized spacial score (nSPS) is 27.9. The van der Waals surface area contributed by atoms with Crippen LogP contribution in [0.15, 0.2) is 24.9 Å².